The highest BCUT2D eigenvalue weighted by molar-refractivity contribution is 4.88. The average molecular weight is 215 g/mol. The third kappa shape index (κ3) is 4.52. The molecule has 0 aliphatic rings. The van der Waals surface area contributed by atoms with Crippen LogP contribution in [-0.4, -0.2) is 25.3 Å². The van der Waals surface area contributed by atoms with Gasteiger partial charge in [-0.05, 0) is 39.7 Å². The second-order valence-electron chi connectivity index (χ2n) is 4.69. The van der Waals surface area contributed by atoms with Gasteiger partial charge < -0.3 is 10.1 Å². The van der Waals surface area contributed by atoms with E-state index in [0.29, 0.717) is 6.04 Å². The van der Waals surface area contributed by atoms with E-state index in [2.05, 4.69) is 39.9 Å². The van der Waals surface area contributed by atoms with Gasteiger partial charge >= 0.3 is 0 Å². The first kappa shape index (κ1) is 14.9. The zero-order valence-corrected chi connectivity index (χ0v) is 11.4. The Bertz CT molecular complexity index is 161. The minimum absolute atomic E-state index is 0.0209. The van der Waals surface area contributed by atoms with E-state index in [1.165, 1.54) is 12.8 Å². The molecular weight excluding hydrogens is 186 g/mol. The van der Waals surface area contributed by atoms with Gasteiger partial charge in [0, 0.05) is 12.6 Å². The molecule has 2 nitrogen and oxygen atoms in total. The number of hydrogen-bond donors (Lipinski definition) is 1. The van der Waals surface area contributed by atoms with Crippen LogP contribution in [0.3, 0.4) is 0 Å². The first-order chi connectivity index (χ1) is 7.03. The Labute approximate surface area is 95.8 Å². The lowest BCUT2D eigenvalue weighted by Gasteiger charge is -2.38. The number of likely N-dealkylation sites (N-methyl/N-ethyl adjacent to an activating group) is 1. The van der Waals surface area contributed by atoms with E-state index in [1.54, 1.807) is 0 Å². The van der Waals surface area contributed by atoms with Crippen LogP contribution >= 0.6 is 0 Å². The molecule has 0 spiro atoms. The maximum Gasteiger partial charge on any atom is 0.0803 e. The summed E-state index contributed by atoms with van der Waals surface area (Å²) in [4.78, 5) is 0. The van der Waals surface area contributed by atoms with Crippen LogP contribution in [0.1, 0.15) is 53.9 Å². The van der Waals surface area contributed by atoms with Crippen molar-refractivity contribution in [3.8, 4) is 0 Å². The van der Waals surface area contributed by atoms with Crippen LogP contribution in [0.25, 0.3) is 0 Å². The van der Waals surface area contributed by atoms with Crippen molar-refractivity contribution in [2.75, 3.05) is 13.7 Å². The van der Waals surface area contributed by atoms with Crippen molar-refractivity contribution >= 4 is 0 Å². The van der Waals surface area contributed by atoms with Gasteiger partial charge in [-0.25, -0.2) is 0 Å². The summed E-state index contributed by atoms with van der Waals surface area (Å²) in [7, 11) is 2.04. The van der Waals surface area contributed by atoms with Crippen LogP contribution in [-0.2, 0) is 4.74 Å². The van der Waals surface area contributed by atoms with Gasteiger partial charge in [0.1, 0.15) is 0 Å². The van der Waals surface area contributed by atoms with Crippen molar-refractivity contribution in [1.29, 1.82) is 0 Å². The van der Waals surface area contributed by atoms with Crippen LogP contribution in [0, 0.1) is 5.92 Å². The summed E-state index contributed by atoms with van der Waals surface area (Å²) >= 11 is 0. The molecule has 0 heterocycles. The second-order valence-corrected chi connectivity index (χ2v) is 4.69. The fourth-order valence-electron chi connectivity index (χ4n) is 2.02. The molecule has 15 heavy (non-hydrogen) atoms. The molecule has 0 rings (SSSR count). The Hall–Kier alpha value is -0.0800. The number of rotatable bonds is 8. The summed E-state index contributed by atoms with van der Waals surface area (Å²) in [5.74, 6) is 0.758. The van der Waals surface area contributed by atoms with E-state index >= 15 is 0 Å². The quantitative estimate of drug-likeness (QED) is 0.671. The van der Waals surface area contributed by atoms with Crippen molar-refractivity contribution in [3.63, 3.8) is 0 Å². The first-order valence-corrected chi connectivity index (χ1v) is 6.35. The van der Waals surface area contributed by atoms with Crippen molar-refractivity contribution in [2.45, 2.75) is 65.5 Å². The smallest absolute Gasteiger partial charge is 0.0803 e. The van der Waals surface area contributed by atoms with Crippen LogP contribution in [0.15, 0.2) is 0 Å². The van der Waals surface area contributed by atoms with Crippen LogP contribution in [0.2, 0.25) is 0 Å². The third-order valence-electron chi connectivity index (χ3n) is 3.60. The highest BCUT2D eigenvalue weighted by atomic mass is 16.5. The van der Waals surface area contributed by atoms with Crippen molar-refractivity contribution in [2.24, 2.45) is 5.92 Å². The molecule has 1 N–H and O–H groups in total. The monoisotopic (exact) mass is 215 g/mol. The Morgan fingerprint density at radius 2 is 1.87 bits per heavy atom. The maximum absolute atomic E-state index is 5.91. The molecule has 3 atom stereocenters. The Balaban J connectivity index is 4.45. The SMILES string of the molecule is CCOC(C)(CC)C(CC(C)CC)NC. The topological polar surface area (TPSA) is 21.3 Å². The molecular formula is C13H29NO. The third-order valence-corrected chi connectivity index (χ3v) is 3.60. The highest BCUT2D eigenvalue weighted by Gasteiger charge is 2.32. The minimum Gasteiger partial charge on any atom is -0.374 e. The molecule has 0 aromatic carbocycles. The lowest BCUT2D eigenvalue weighted by Crippen LogP contribution is -2.49. The molecule has 0 aromatic rings. The molecule has 2 heteroatoms. The van der Waals surface area contributed by atoms with E-state index in [4.69, 9.17) is 4.74 Å². The van der Waals surface area contributed by atoms with Gasteiger partial charge in [0.2, 0.25) is 0 Å². The lowest BCUT2D eigenvalue weighted by molar-refractivity contribution is -0.0582. The van der Waals surface area contributed by atoms with Gasteiger partial charge in [0.25, 0.3) is 0 Å². The minimum atomic E-state index is -0.0209. The number of nitrogens with one attached hydrogen (secondary N) is 1. The van der Waals surface area contributed by atoms with Crippen LogP contribution in [0.5, 0.6) is 0 Å². The predicted molar refractivity (Wildman–Crippen MR) is 67.2 cm³/mol. The Morgan fingerprint density at radius 3 is 2.20 bits per heavy atom. The summed E-state index contributed by atoms with van der Waals surface area (Å²) in [5.41, 5.74) is -0.0209. The summed E-state index contributed by atoms with van der Waals surface area (Å²) in [6.07, 6.45) is 3.49. The fraction of sp³-hybridized carbons (Fsp3) is 1.00. The summed E-state index contributed by atoms with van der Waals surface area (Å²) in [6, 6.07) is 0.456. The molecule has 0 radical (unpaired) electrons. The van der Waals surface area contributed by atoms with E-state index in [-0.39, 0.29) is 5.60 Å². The summed E-state index contributed by atoms with van der Waals surface area (Å²) in [6.45, 7) is 11.9. The molecule has 0 aliphatic carbocycles. The molecule has 0 saturated heterocycles. The fourth-order valence-corrected chi connectivity index (χ4v) is 2.02. The molecule has 92 valence electrons. The molecule has 0 aliphatic heterocycles. The Morgan fingerprint density at radius 1 is 1.27 bits per heavy atom. The van der Waals surface area contributed by atoms with E-state index in [1.807, 2.05) is 7.05 Å². The maximum atomic E-state index is 5.91. The molecule has 0 aromatic heterocycles. The molecule has 3 unspecified atom stereocenters. The van der Waals surface area contributed by atoms with Gasteiger partial charge in [-0.2, -0.15) is 0 Å². The molecule has 0 amide bonds. The van der Waals surface area contributed by atoms with Gasteiger partial charge in [0.05, 0.1) is 5.60 Å². The van der Waals surface area contributed by atoms with E-state index in [0.717, 1.165) is 18.9 Å². The van der Waals surface area contributed by atoms with Crippen LogP contribution in [0.4, 0.5) is 0 Å². The van der Waals surface area contributed by atoms with E-state index < -0.39 is 0 Å². The first-order valence-electron chi connectivity index (χ1n) is 6.35. The average Bonchev–Trinajstić information content (AvgIpc) is 2.25. The lowest BCUT2D eigenvalue weighted by atomic mass is 9.86. The number of ether oxygens (including phenoxy) is 1. The number of hydrogen-bond acceptors (Lipinski definition) is 2. The van der Waals surface area contributed by atoms with Gasteiger partial charge in [-0.1, -0.05) is 27.2 Å². The van der Waals surface area contributed by atoms with Gasteiger partial charge in [-0.15, -0.1) is 0 Å². The largest absolute Gasteiger partial charge is 0.374 e. The second kappa shape index (κ2) is 7.24. The van der Waals surface area contributed by atoms with Crippen molar-refractivity contribution in [1.82, 2.24) is 5.32 Å². The molecule has 0 saturated carbocycles. The molecule has 0 fully saturated rings. The normalized spacial score (nSPS) is 19.6. The van der Waals surface area contributed by atoms with Crippen molar-refractivity contribution < 1.29 is 4.74 Å². The summed E-state index contributed by atoms with van der Waals surface area (Å²) in [5, 5.41) is 3.42. The van der Waals surface area contributed by atoms with Crippen molar-refractivity contribution in [3.05, 3.63) is 0 Å². The van der Waals surface area contributed by atoms with Crippen LogP contribution < -0.4 is 5.32 Å². The van der Waals surface area contributed by atoms with E-state index in [9.17, 15) is 0 Å². The standard InChI is InChI=1S/C13H29NO/c1-7-11(4)10-12(14-6)13(5,8-2)15-9-3/h11-12,14H,7-10H2,1-6H3. The highest BCUT2D eigenvalue weighted by Crippen LogP contribution is 2.25. The zero-order chi connectivity index (χ0) is 11.9. The predicted octanol–water partition coefficient (Wildman–Crippen LogP) is 3.22. The van der Waals surface area contributed by atoms with Gasteiger partial charge in [0.15, 0.2) is 0 Å². The Kier molecular flexibility index (Phi) is 7.20. The zero-order valence-electron chi connectivity index (χ0n) is 11.4. The van der Waals surface area contributed by atoms with Gasteiger partial charge in [-0.3, -0.25) is 0 Å². The summed E-state index contributed by atoms with van der Waals surface area (Å²) < 4.78 is 5.91. The molecule has 0 bridgehead atoms.